The van der Waals surface area contributed by atoms with Gasteiger partial charge in [0.05, 0.1) is 12.0 Å². The van der Waals surface area contributed by atoms with Gasteiger partial charge in [0.15, 0.2) is 0 Å². The third-order valence-electron chi connectivity index (χ3n) is 2.41. The summed E-state index contributed by atoms with van der Waals surface area (Å²) in [6.07, 6.45) is 0.702. The van der Waals surface area contributed by atoms with E-state index in [-0.39, 0.29) is 6.42 Å². The quantitative estimate of drug-likeness (QED) is 0.436. The second kappa shape index (κ2) is 4.65. The number of nitrogens with zero attached hydrogens (tertiary/aromatic N) is 2. The van der Waals surface area contributed by atoms with Crippen LogP contribution < -0.4 is 0 Å². The van der Waals surface area contributed by atoms with E-state index < -0.39 is 11.5 Å². The number of hydrogen-bond acceptors (Lipinski definition) is 5. The highest BCUT2D eigenvalue weighted by Crippen LogP contribution is 2.34. The first kappa shape index (κ1) is 12.0. The van der Waals surface area contributed by atoms with Crippen LogP contribution in [0, 0.1) is 0 Å². The minimum absolute atomic E-state index is 0.0265. The van der Waals surface area contributed by atoms with Crippen molar-refractivity contribution in [1.29, 1.82) is 0 Å². The van der Waals surface area contributed by atoms with Crippen LogP contribution in [0.1, 0.15) is 26.7 Å². The van der Waals surface area contributed by atoms with E-state index in [1.807, 2.05) is 6.92 Å². The molecule has 1 aliphatic heterocycles. The lowest BCUT2D eigenvalue weighted by atomic mass is 9.95. The molecule has 0 bridgehead atoms. The largest absolute Gasteiger partial charge is 0.481 e. The molecule has 1 rings (SSSR count). The Morgan fingerprint density at radius 1 is 1.73 bits per heavy atom. The molecule has 0 spiro atoms. The zero-order valence-electron chi connectivity index (χ0n) is 8.73. The fraction of sp³-hybridized carbons (Fsp3) is 0.667. The molecule has 2 N–H and O–H groups in total. The lowest BCUT2D eigenvalue weighted by Crippen LogP contribution is -2.29. The summed E-state index contributed by atoms with van der Waals surface area (Å²) in [5, 5.41) is 21.1. The molecule has 0 aliphatic carbocycles. The number of hydrogen-bond donors (Lipinski definition) is 2. The molecule has 6 heteroatoms. The Balaban J connectivity index is 2.87. The second-order valence-corrected chi connectivity index (χ2v) is 4.50. The molecule has 0 amide bonds. The first-order valence-corrected chi connectivity index (χ1v) is 5.65. The Morgan fingerprint density at radius 2 is 2.40 bits per heavy atom. The van der Waals surface area contributed by atoms with E-state index in [1.165, 1.54) is 11.8 Å². The monoisotopic (exact) mass is 230 g/mol. The van der Waals surface area contributed by atoms with Gasteiger partial charge in [-0.3, -0.25) is 9.79 Å². The van der Waals surface area contributed by atoms with Crippen molar-refractivity contribution >= 4 is 28.5 Å². The molecule has 0 aromatic carbocycles. The van der Waals surface area contributed by atoms with Gasteiger partial charge in [0.2, 0.25) is 0 Å². The first-order chi connectivity index (χ1) is 7.03. The molecule has 15 heavy (non-hydrogen) atoms. The molecule has 0 aromatic heterocycles. The summed E-state index contributed by atoms with van der Waals surface area (Å²) in [6.45, 7) is 3.57. The van der Waals surface area contributed by atoms with Crippen molar-refractivity contribution in [2.24, 2.45) is 10.1 Å². The summed E-state index contributed by atoms with van der Waals surface area (Å²) in [6, 6.07) is 0. The molecule has 0 radical (unpaired) electrons. The van der Waals surface area contributed by atoms with Crippen molar-refractivity contribution in [1.82, 2.24) is 0 Å². The number of aliphatic imine (C=N–C) groups is 1. The predicted molar refractivity (Wildman–Crippen MR) is 60.1 cm³/mol. The van der Waals surface area contributed by atoms with E-state index in [9.17, 15) is 4.79 Å². The Morgan fingerprint density at radius 3 is 2.87 bits per heavy atom. The number of carboxylic acids is 1. The third-order valence-corrected chi connectivity index (χ3v) is 3.76. The van der Waals surface area contributed by atoms with Crippen LogP contribution in [0.4, 0.5) is 0 Å². The van der Waals surface area contributed by atoms with Crippen molar-refractivity contribution in [3.63, 3.8) is 0 Å². The average molecular weight is 230 g/mol. The Kier molecular flexibility index (Phi) is 3.73. The number of thioether (sulfide) groups is 1. The molecule has 0 saturated carbocycles. The fourth-order valence-corrected chi connectivity index (χ4v) is 2.67. The van der Waals surface area contributed by atoms with Crippen molar-refractivity contribution in [2.75, 3.05) is 5.75 Å². The summed E-state index contributed by atoms with van der Waals surface area (Å²) in [5.74, 6) is -0.209. The minimum Gasteiger partial charge on any atom is -0.481 e. The van der Waals surface area contributed by atoms with Crippen molar-refractivity contribution in [2.45, 2.75) is 32.2 Å². The molecule has 0 saturated heterocycles. The van der Waals surface area contributed by atoms with Crippen LogP contribution in [0.15, 0.2) is 10.1 Å². The summed E-state index contributed by atoms with van der Waals surface area (Å²) < 4.78 is 0. The molecule has 0 aromatic rings. The van der Waals surface area contributed by atoms with Gasteiger partial charge in [0, 0.05) is 5.75 Å². The number of carbonyl (C=O) groups is 1. The van der Waals surface area contributed by atoms with Crippen molar-refractivity contribution in [3.8, 4) is 0 Å². The zero-order valence-corrected chi connectivity index (χ0v) is 9.54. The molecular formula is C9H14N2O3S. The van der Waals surface area contributed by atoms with Crippen LogP contribution in [0.2, 0.25) is 0 Å². The minimum atomic E-state index is -0.846. The maximum atomic E-state index is 10.7. The van der Waals surface area contributed by atoms with E-state index in [4.69, 9.17) is 10.3 Å². The van der Waals surface area contributed by atoms with Gasteiger partial charge in [-0.1, -0.05) is 12.1 Å². The maximum Gasteiger partial charge on any atom is 0.305 e. The van der Waals surface area contributed by atoms with Crippen LogP contribution in [-0.4, -0.2) is 38.3 Å². The molecule has 1 heterocycles. The average Bonchev–Trinajstić information content (AvgIpc) is 2.61. The lowest BCUT2D eigenvalue weighted by molar-refractivity contribution is -0.138. The van der Waals surface area contributed by atoms with Gasteiger partial charge in [-0.05, 0) is 13.3 Å². The molecule has 1 aliphatic rings. The molecule has 0 fully saturated rings. The molecule has 1 atom stereocenters. The van der Waals surface area contributed by atoms with Crippen LogP contribution in [-0.2, 0) is 4.79 Å². The Labute approximate surface area is 92.3 Å². The van der Waals surface area contributed by atoms with Crippen LogP contribution in [0.3, 0.4) is 0 Å². The summed E-state index contributed by atoms with van der Waals surface area (Å²) in [7, 11) is 0. The van der Waals surface area contributed by atoms with E-state index in [0.29, 0.717) is 22.9 Å². The first-order valence-electron chi connectivity index (χ1n) is 4.66. The van der Waals surface area contributed by atoms with E-state index in [0.717, 1.165) is 0 Å². The van der Waals surface area contributed by atoms with Gasteiger partial charge in [-0.25, -0.2) is 0 Å². The van der Waals surface area contributed by atoms with Gasteiger partial charge in [-0.2, -0.15) is 0 Å². The topological polar surface area (TPSA) is 82.2 Å². The predicted octanol–water partition coefficient (Wildman–Crippen LogP) is 1.61. The normalized spacial score (nSPS) is 26.5. The highest BCUT2D eigenvalue weighted by atomic mass is 32.2. The fourth-order valence-electron chi connectivity index (χ4n) is 1.39. The van der Waals surface area contributed by atoms with E-state index in [1.54, 1.807) is 6.92 Å². The lowest BCUT2D eigenvalue weighted by Gasteiger charge is -2.20. The van der Waals surface area contributed by atoms with Gasteiger partial charge in [0.25, 0.3) is 0 Å². The van der Waals surface area contributed by atoms with Crippen LogP contribution in [0.25, 0.3) is 0 Å². The summed E-state index contributed by atoms with van der Waals surface area (Å²) in [4.78, 5) is 15.1. The highest BCUT2D eigenvalue weighted by Gasteiger charge is 2.36. The standard InChI is InChI=1S/C9H14N2O3S/c1-3-9(4-7(12)13)5-15-8(10-9)6(2)11-14/h14H,3-5H2,1-2H3,(H,12,13). The van der Waals surface area contributed by atoms with Crippen molar-refractivity contribution < 1.29 is 15.1 Å². The molecular weight excluding hydrogens is 216 g/mol. The summed E-state index contributed by atoms with van der Waals surface area (Å²) in [5.41, 5.74) is -0.0849. The van der Waals surface area contributed by atoms with E-state index >= 15 is 0 Å². The zero-order chi connectivity index (χ0) is 11.5. The maximum absolute atomic E-state index is 10.7. The smallest absolute Gasteiger partial charge is 0.305 e. The molecule has 84 valence electrons. The van der Waals surface area contributed by atoms with E-state index in [2.05, 4.69) is 10.1 Å². The SMILES string of the molecule is CCC1(CC(=O)O)CSC(C(C)=NO)=N1. The molecule has 1 unspecified atom stereocenters. The third kappa shape index (κ3) is 2.71. The number of carboxylic acid groups (broad SMARTS) is 1. The Hall–Kier alpha value is -1.04. The second-order valence-electron chi connectivity index (χ2n) is 3.54. The number of rotatable bonds is 4. The number of aliphatic carboxylic acids is 1. The summed E-state index contributed by atoms with van der Waals surface area (Å²) >= 11 is 1.44. The highest BCUT2D eigenvalue weighted by molar-refractivity contribution is 8.16. The van der Waals surface area contributed by atoms with Crippen molar-refractivity contribution in [3.05, 3.63) is 0 Å². The van der Waals surface area contributed by atoms with Gasteiger partial charge >= 0.3 is 5.97 Å². The van der Waals surface area contributed by atoms with Crippen LogP contribution in [0.5, 0.6) is 0 Å². The van der Waals surface area contributed by atoms with Crippen LogP contribution >= 0.6 is 11.8 Å². The van der Waals surface area contributed by atoms with Gasteiger partial charge < -0.3 is 10.3 Å². The Bertz CT molecular complexity index is 327. The molecule has 5 nitrogen and oxygen atoms in total. The van der Waals surface area contributed by atoms with Gasteiger partial charge in [0.1, 0.15) is 10.8 Å². The number of oxime groups is 1. The van der Waals surface area contributed by atoms with Gasteiger partial charge in [-0.15, -0.1) is 11.8 Å².